The Hall–Kier alpha value is -1.74. The number of fused-ring (bicyclic) bond motifs is 3. The smallest absolute Gasteiger partial charge is 0.169 e. The topological polar surface area (TPSA) is 34.1 Å². The maximum Gasteiger partial charge on any atom is 0.169 e. The molecule has 3 rings (SSSR count). The van der Waals surface area contributed by atoms with Crippen molar-refractivity contribution in [2.75, 3.05) is 0 Å². The van der Waals surface area contributed by atoms with Gasteiger partial charge in [0.2, 0.25) is 0 Å². The van der Waals surface area contributed by atoms with Crippen LogP contribution in [0.15, 0.2) is 24.3 Å². The molecule has 0 saturated heterocycles. The molecule has 3 heteroatoms. The van der Waals surface area contributed by atoms with E-state index in [0.29, 0.717) is 5.92 Å². The highest BCUT2D eigenvalue weighted by Gasteiger charge is 2.31. The Labute approximate surface area is 154 Å². The number of carbonyl (C=O) groups excluding carboxylic acids is 2. The summed E-state index contributed by atoms with van der Waals surface area (Å²) in [5.74, 6) is 0.702. The molecule has 1 aromatic carbocycles. The van der Waals surface area contributed by atoms with Crippen molar-refractivity contribution in [1.29, 1.82) is 0 Å². The van der Waals surface area contributed by atoms with Crippen molar-refractivity contribution in [2.24, 2.45) is 5.41 Å². The second kappa shape index (κ2) is 6.53. The standard InChI is InChI=1S/C22H26O2S/c1-6-15-11-22(4,5)12-17-9-16(13(2)23)7-8-18(17)21-19(15)10-20(25-21)14(3)24/h7-10,15H,6,11-12H2,1-5H3. The number of carbonyl (C=O) groups is 2. The minimum Gasteiger partial charge on any atom is -0.295 e. The molecule has 0 fully saturated rings. The van der Waals surface area contributed by atoms with Crippen LogP contribution in [0.1, 0.15) is 84.5 Å². The van der Waals surface area contributed by atoms with E-state index in [9.17, 15) is 9.59 Å². The van der Waals surface area contributed by atoms with Gasteiger partial charge in [-0.15, -0.1) is 11.3 Å². The summed E-state index contributed by atoms with van der Waals surface area (Å²) in [6, 6.07) is 8.18. The lowest BCUT2D eigenvalue weighted by molar-refractivity contribution is 0.101. The molecular formula is C22H26O2S. The van der Waals surface area contributed by atoms with Gasteiger partial charge < -0.3 is 0 Å². The van der Waals surface area contributed by atoms with Crippen LogP contribution >= 0.6 is 11.3 Å². The Bertz CT molecular complexity index is 842. The van der Waals surface area contributed by atoms with Crippen molar-refractivity contribution in [3.8, 4) is 10.4 Å². The zero-order valence-electron chi connectivity index (χ0n) is 15.7. The summed E-state index contributed by atoms with van der Waals surface area (Å²) >= 11 is 1.61. The number of thiophene rings is 1. The molecule has 2 aromatic rings. The number of Topliss-reactive ketones (excluding diaryl/α,β-unsaturated/α-hetero) is 2. The maximum absolute atomic E-state index is 12.0. The van der Waals surface area contributed by atoms with Crippen LogP contribution in [0.4, 0.5) is 0 Å². The van der Waals surface area contributed by atoms with Crippen LogP contribution in [-0.4, -0.2) is 11.6 Å². The number of hydrogen-bond acceptors (Lipinski definition) is 3. The number of rotatable bonds is 3. The van der Waals surface area contributed by atoms with Crippen LogP contribution in [0.25, 0.3) is 10.4 Å². The number of hydrogen-bond donors (Lipinski definition) is 0. The van der Waals surface area contributed by atoms with Gasteiger partial charge in [-0.05, 0) is 73.3 Å². The lowest BCUT2D eigenvalue weighted by Gasteiger charge is -2.33. The van der Waals surface area contributed by atoms with E-state index >= 15 is 0 Å². The SMILES string of the molecule is CCC1CC(C)(C)Cc2cc(C(C)=O)ccc2-c2sc(C(C)=O)cc21. The minimum absolute atomic E-state index is 0.102. The van der Waals surface area contributed by atoms with Crippen molar-refractivity contribution < 1.29 is 9.59 Å². The van der Waals surface area contributed by atoms with Crippen LogP contribution in [-0.2, 0) is 6.42 Å². The summed E-state index contributed by atoms with van der Waals surface area (Å²) in [5.41, 5.74) is 4.66. The van der Waals surface area contributed by atoms with Gasteiger partial charge in [0.1, 0.15) is 0 Å². The molecule has 0 spiro atoms. The zero-order valence-corrected chi connectivity index (χ0v) is 16.5. The van der Waals surface area contributed by atoms with E-state index in [-0.39, 0.29) is 17.0 Å². The molecule has 1 unspecified atom stereocenters. The largest absolute Gasteiger partial charge is 0.295 e. The summed E-state index contributed by atoms with van der Waals surface area (Å²) in [7, 11) is 0. The molecular weight excluding hydrogens is 328 g/mol. The highest BCUT2D eigenvalue weighted by Crippen LogP contribution is 2.48. The highest BCUT2D eigenvalue weighted by molar-refractivity contribution is 7.17. The Morgan fingerprint density at radius 3 is 2.48 bits per heavy atom. The molecule has 1 aliphatic carbocycles. The van der Waals surface area contributed by atoms with Crippen molar-refractivity contribution in [3.05, 3.63) is 45.8 Å². The molecule has 0 bridgehead atoms. The minimum atomic E-state index is 0.102. The summed E-state index contributed by atoms with van der Waals surface area (Å²) in [6.45, 7) is 10.1. The van der Waals surface area contributed by atoms with Crippen molar-refractivity contribution in [3.63, 3.8) is 0 Å². The van der Waals surface area contributed by atoms with E-state index in [0.717, 1.165) is 29.7 Å². The van der Waals surface area contributed by atoms with Crippen LogP contribution in [0.2, 0.25) is 0 Å². The van der Waals surface area contributed by atoms with Crippen LogP contribution < -0.4 is 0 Å². The number of benzene rings is 1. The molecule has 0 radical (unpaired) electrons. The van der Waals surface area contributed by atoms with E-state index in [4.69, 9.17) is 0 Å². The van der Waals surface area contributed by atoms with Gasteiger partial charge in [-0.1, -0.05) is 32.9 Å². The van der Waals surface area contributed by atoms with E-state index in [2.05, 4.69) is 39.0 Å². The molecule has 25 heavy (non-hydrogen) atoms. The third-order valence-corrected chi connectivity index (χ3v) is 6.55. The van der Waals surface area contributed by atoms with E-state index < -0.39 is 0 Å². The maximum atomic E-state index is 12.0. The Morgan fingerprint density at radius 1 is 1.16 bits per heavy atom. The molecule has 1 heterocycles. The van der Waals surface area contributed by atoms with Gasteiger partial charge in [0.05, 0.1) is 4.88 Å². The monoisotopic (exact) mass is 354 g/mol. The van der Waals surface area contributed by atoms with Crippen molar-refractivity contribution >= 4 is 22.9 Å². The van der Waals surface area contributed by atoms with Gasteiger partial charge in [-0.2, -0.15) is 0 Å². The summed E-state index contributed by atoms with van der Waals surface area (Å²) in [6.07, 6.45) is 3.12. The van der Waals surface area contributed by atoms with E-state index in [1.807, 2.05) is 6.07 Å². The van der Waals surface area contributed by atoms with Gasteiger partial charge in [-0.25, -0.2) is 0 Å². The second-order valence-corrected chi connectivity index (χ2v) is 9.08. The van der Waals surface area contributed by atoms with Crippen molar-refractivity contribution in [1.82, 2.24) is 0 Å². The number of ketones is 2. The predicted octanol–water partition coefficient (Wildman–Crippen LogP) is 6.29. The van der Waals surface area contributed by atoms with Gasteiger partial charge in [0.15, 0.2) is 11.6 Å². The first-order valence-corrected chi connectivity index (χ1v) is 9.82. The summed E-state index contributed by atoms with van der Waals surface area (Å²) in [4.78, 5) is 25.9. The molecule has 1 atom stereocenters. The van der Waals surface area contributed by atoms with Crippen LogP contribution in [0, 0.1) is 5.41 Å². The van der Waals surface area contributed by atoms with E-state index in [1.165, 1.54) is 21.6 Å². The zero-order chi connectivity index (χ0) is 18.4. The Kier molecular flexibility index (Phi) is 4.72. The van der Waals surface area contributed by atoms with Gasteiger partial charge in [0, 0.05) is 10.4 Å². The molecule has 132 valence electrons. The first kappa shape index (κ1) is 18.1. The summed E-state index contributed by atoms with van der Waals surface area (Å²) < 4.78 is 0. The average Bonchev–Trinajstić information content (AvgIpc) is 2.96. The molecule has 0 aliphatic heterocycles. The fourth-order valence-corrected chi connectivity index (χ4v) is 5.20. The van der Waals surface area contributed by atoms with Gasteiger partial charge in [0.25, 0.3) is 0 Å². The predicted molar refractivity (Wildman–Crippen MR) is 105 cm³/mol. The first-order valence-electron chi connectivity index (χ1n) is 9.00. The van der Waals surface area contributed by atoms with Gasteiger partial charge >= 0.3 is 0 Å². The molecule has 1 aromatic heterocycles. The van der Waals surface area contributed by atoms with E-state index in [1.54, 1.807) is 25.2 Å². The highest BCUT2D eigenvalue weighted by atomic mass is 32.1. The third kappa shape index (κ3) is 3.48. The quantitative estimate of drug-likeness (QED) is 0.607. The molecule has 2 nitrogen and oxygen atoms in total. The molecule has 0 N–H and O–H groups in total. The fraction of sp³-hybridized carbons (Fsp3) is 0.455. The third-order valence-electron chi connectivity index (χ3n) is 5.26. The first-order chi connectivity index (χ1) is 11.7. The average molecular weight is 355 g/mol. The molecule has 1 aliphatic rings. The van der Waals surface area contributed by atoms with Crippen LogP contribution in [0.5, 0.6) is 0 Å². The lowest BCUT2D eigenvalue weighted by Crippen LogP contribution is -2.21. The molecule has 0 saturated carbocycles. The Balaban J connectivity index is 2.27. The molecule has 0 amide bonds. The second-order valence-electron chi connectivity index (χ2n) is 8.03. The lowest BCUT2D eigenvalue weighted by atomic mass is 9.72. The van der Waals surface area contributed by atoms with Crippen LogP contribution in [0.3, 0.4) is 0 Å². The summed E-state index contributed by atoms with van der Waals surface area (Å²) in [5, 5.41) is 0. The van der Waals surface area contributed by atoms with Gasteiger partial charge in [-0.3, -0.25) is 9.59 Å². The normalized spacial score (nSPS) is 18.7. The van der Waals surface area contributed by atoms with Crippen molar-refractivity contribution in [2.45, 2.75) is 59.8 Å². The Morgan fingerprint density at radius 2 is 1.88 bits per heavy atom. The fourth-order valence-electron chi connectivity index (χ4n) is 4.00.